The van der Waals surface area contributed by atoms with Crippen LogP contribution in [-0.2, 0) is 0 Å². The van der Waals surface area contributed by atoms with Gasteiger partial charge in [0.25, 0.3) is 5.56 Å². The number of aromatic amines is 2. The minimum absolute atomic E-state index is 0.117. The topological polar surface area (TPSA) is 74.4 Å². The molecular weight excluding hydrogens is 216 g/mol. The van der Waals surface area contributed by atoms with Crippen LogP contribution in [0.1, 0.15) is 5.82 Å². The molecule has 0 saturated heterocycles. The summed E-state index contributed by atoms with van der Waals surface area (Å²) in [5.41, 5.74) is 2.39. The zero-order valence-electron chi connectivity index (χ0n) is 9.19. The smallest absolute Gasteiger partial charge is 0.258 e. The minimum atomic E-state index is -0.117. The summed E-state index contributed by atoms with van der Waals surface area (Å²) in [6, 6.07) is 7.43. The van der Waals surface area contributed by atoms with Gasteiger partial charge in [-0.3, -0.25) is 9.89 Å². The van der Waals surface area contributed by atoms with E-state index in [9.17, 15) is 4.79 Å². The molecule has 3 aromatic rings. The molecule has 3 rings (SSSR count). The maximum atomic E-state index is 11.8. The highest BCUT2D eigenvalue weighted by Gasteiger charge is 2.05. The minimum Gasteiger partial charge on any atom is -0.310 e. The number of hydrogen-bond acceptors (Lipinski definition) is 3. The van der Waals surface area contributed by atoms with E-state index in [1.165, 1.54) is 0 Å². The molecule has 0 radical (unpaired) electrons. The molecule has 0 amide bonds. The van der Waals surface area contributed by atoms with Crippen LogP contribution in [-0.4, -0.2) is 20.2 Å². The molecule has 0 aliphatic rings. The molecule has 2 N–H and O–H groups in total. The lowest BCUT2D eigenvalue weighted by molar-refractivity contribution is 1.06. The number of rotatable bonds is 1. The second-order valence-corrected chi connectivity index (χ2v) is 3.85. The fraction of sp³-hybridized carbons (Fsp3) is 0.0833. The second-order valence-electron chi connectivity index (χ2n) is 3.85. The van der Waals surface area contributed by atoms with E-state index in [1.54, 1.807) is 13.1 Å². The molecule has 0 unspecified atom stereocenters. The van der Waals surface area contributed by atoms with Gasteiger partial charge in [-0.05, 0) is 25.1 Å². The molecule has 0 saturated carbocycles. The molecule has 0 aliphatic heterocycles. The number of nitrogens with one attached hydrogen (secondary N) is 2. The molecule has 5 nitrogen and oxygen atoms in total. The van der Waals surface area contributed by atoms with Gasteiger partial charge in [0.05, 0.1) is 16.6 Å². The summed E-state index contributed by atoms with van der Waals surface area (Å²) >= 11 is 0. The van der Waals surface area contributed by atoms with Crippen molar-refractivity contribution in [2.24, 2.45) is 0 Å². The number of benzene rings is 1. The van der Waals surface area contributed by atoms with Crippen molar-refractivity contribution in [3.63, 3.8) is 0 Å². The van der Waals surface area contributed by atoms with E-state index < -0.39 is 0 Å². The van der Waals surface area contributed by atoms with Crippen LogP contribution < -0.4 is 5.56 Å². The van der Waals surface area contributed by atoms with E-state index in [-0.39, 0.29) is 5.56 Å². The van der Waals surface area contributed by atoms with Crippen LogP contribution in [0.5, 0.6) is 0 Å². The summed E-state index contributed by atoms with van der Waals surface area (Å²) in [4.78, 5) is 18.8. The van der Waals surface area contributed by atoms with Crippen molar-refractivity contribution < 1.29 is 0 Å². The third-order valence-electron chi connectivity index (χ3n) is 2.64. The van der Waals surface area contributed by atoms with Crippen molar-refractivity contribution in [2.75, 3.05) is 0 Å². The number of hydrogen-bond donors (Lipinski definition) is 2. The predicted molar refractivity (Wildman–Crippen MR) is 64.7 cm³/mol. The molecule has 5 heteroatoms. The van der Waals surface area contributed by atoms with Crippen molar-refractivity contribution in [3.05, 3.63) is 46.6 Å². The Bertz CT molecular complexity index is 728. The number of H-pyrrole nitrogens is 2. The first kappa shape index (κ1) is 9.77. The van der Waals surface area contributed by atoms with Gasteiger partial charge in [-0.25, -0.2) is 4.98 Å². The lowest BCUT2D eigenvalue weighted by atomic mass is 10.1. The first-order valence-corrected chi connectivity index (χ1v) is 5.24. The van der Waals surface area contributed by atoms with E-state index in [2.05, 4.69) is 20.2 Å². The number of nitrogens with zero attached hydrogens (tertiary/aromatic N) is 2. The van der Waals surface area contributed by atoms with Crippen LogP contribution in [0.15, 0.2) is 35.3 Å². The lowest BCUT2D eigenvalue weighted by Gasteiger charge is -2.01. The van der Waals surface area contributed by atoms with Gasteiger partial charge in [0.1, 0.15) is 5.82 Å². The van der Waals surface area contributed by atoms with Gasteiger partial charge >= 0.3 is 0 Å². The number of aromatic nitrogens is 4. The van der Waals surface area contributed by atoms with Crippen LogP contribution in [0.3, 0.4) is 0 Å². The Kier molecular flexibility index (Phi) is 2.04. The van der Waals surface area contributed by atoms with Gasteiger partial charge < -0.3 is 4.98 Å². The molecule has 84 valence electrons. The summed E-state index contributed by atoms with van der Waals surface area (Å²) in [5.74, 6) is 0.622. The molecular formula is C12H10N4O. The molecule has 0 bridgehead atoms. The van der Waals surface area contributed by atoms with Crippen molar-refractivity contribution in [1.29, 1.82) is 0 Å². The van der Waals surface area contributed by atoms with Gasteiger partial charge in [-0.2, -0.15) is 5.10 Å². The largest absolute Gasteiger partial charge is 0.310 e. The third-order valence-corrected chi connectivity index (χ3v) is 2.64. The average molecular weight is 226 g/mol. The van der Waals surface area contributed by atoms with Gasteiger partial charge in [0.2, 0.25) is 0 Å². The molecule has 0 aliphatic carbocycles. The fourth-order valence-corrected chi connectivity index (χ4v) is 1.84. The van der Waals surface area contributed by atoms with Gasteiger partial charge in [0, 0.05) is 11.8 Å². The lowest BCUT2D eigenvalue weighted by Crippen LogP contribution is -2.09. The normalized spacial score (nSPS) is 10.9. The Morgan fingerprint density at radius 3 is 2.88 bits per heavy atom. The van der Waals surface area contributed by atoms with Crippen LogP contribution in [0.2, 0.25) is 0 Å². The van der Waals surface area contributed by atoms with E-state index in [0.29, 0.717) is 16.7 Å². The zero-order chi connectivity index (χ0) is 11.8. The quantitative estimate of drug-likeness (QED) is 0.662. The zero-order valence-corrected chi connectivity index (χ0v) is 9.19. The highest BCUT2D eigenvalue weighted by atomic mass is 16.1. The Balaban J connectivity index is 2.30. The second kappa shape index (κ2) is 3.55. The number of aryl methyl sites for hydroxylation is 1. The summed E-state index contributed by atoms with van der Waals surface area (Å²) in [5, 5.41) is 7.34. The predicted octanol–water partition coefficient (Wildman–Crippen LogP) is 1.62. The van der Waals surface area contributed by atoms with Crippen LogP contribution >= 0.6 is 0 Å². The first-order chi connectivity index (χ1) is 8.24. The molecule has 2 heterocycles. The van der Waals surface area contributed by atoms with Crippen molar-refractivity contribution in [3.8, 4) is 11.3 Å². The average Bonchev–Trinajstić information content (AvgIpc) is 2.82. The maximum absolute atomic E-state index is 11.8. The first-order valence-electron chi connectivity index (χ1n) is 5.24. The van der Waals surface area contributed by atoms with Crippen LogP contribution in [0.4, 0.5) is 0 Å². The number of fused-ring (bicyclic) bond motifs is 1. The molecule has 0 atom stereocenters. The van der Waals surface area contributed by atoms with E-state index in [4.69, 9.17) is 0 Å². The van der Waals surface area contributed by atoms with Crippen LogP contribution in [0, 0.1) is 6.92 Å². The Morgan fingerprint density at radius 1 is 1.24 bits per heavy atom. The van der Waals surface area contributed by atoms with E-state index >= 15 is 0 Å². The molecule has 0 spiro atoms. The summed E-state index contributed by atoms with van der Waals surface area (Å²) in [6.07, 6.45) is 1.68. The Morgan fingerprint density at radius 2 is 2.12 bits per heavy atom. The summed E-state index contributed by atoms with van der Waals surface area (Å²) in [7, 11) is 0. The maximum Gasteiger partial charge on any atom is 0.258 e. The van der Waals surface area contributed by atoms with Gasteiger partial charge in [-0.1, -0.05) is 6.07 Å². The highest BCUT2D eigenvalue weighted by Crippen LogP contribution is 2.19. The van der Waals surface area contributed by atoms with Crippen LogP contribution in [0.25, 0.3) is 22.2 Å². The molecule has 1 aromatic carbocycles. The molecule has 17 heavy (non-hydrogen) atoms. The molecule has 0 fully saturated rings. The monoisotopic (exact) mass is 226 g/mol. The summed E-state index contributed by atoms with van der Waals surface area (Å²) in [6.45, 7) is 1.77. The van der Waals surface area contributed by atoms with E-state index in [0.717, 1.165) is 11.3 Å². The van der Waals surface area contributed by atoms with E-state index in [1.807, 2.05) is 24.3 Å². The van der Waals surface area contributed by atoms with Crippen molar-refractivity contribution in [2.45, 2.75) is 6.92 Å². The standard InChI is InChI=1S/C12H10N4O/c1-7-14-11-3-2-8(10-4-5-13-16-10)6-9(11)12(17)15-7/h2-6H,1H3,(H,13,16)(H,14,15,17). The third kappa shape index (κ3) is 1.61. The van der Waals surface area contributed by atoms with Crippen molar-refractivity contribution >= 4 is 10.9 Å². The van der Waals surface area contributed by atoms with Crippen molar-refractivity contribution in [1.82, 2.24) is 20.2 Å². The fourth-order valence-electron chi connectivity index (χ4n) is 1.84. The van der Waals surface area contributed by atoms with Gasteiger partial charge in [0.15, 0.2) is 0 Å². The van der Waals surface area contributed by atoms with Gasteiger partial charge in [-0.15, -0.1) is 0 Å². The SMILES string of the molecule is Cc1nc2ccc(-c3ccn[nH]3)cc2c(=O)[nH]1. The Labute approximate surface area is 96.5 Å². The summed E-state index contributed by atoms with van der Waals surface area (Å²) < 4.78 is 0. The highest BCUT2D eigenvalue weighted by molar-refractivity contribution is 5.82. The Hall–Kier alpha value is -2.43. The molecule has 2 aromatic heterocycles.